The highest BCUT2D eigenvalue weighted by Gasteiger charge is 2.33. The van der Waals surface area contributed by atoms with Crippen LogP contribution in [0.4, 0.5) is 5.69 Å². The van der Waals surface area contributed by atoms with Crippen LogP contribution >= 0.6 is 0 Å². The SMILES string of the molecule is CCN1CCCC(N)C1c1ccccc1[N+](=O)[O-]. The number of nitro benzene ring substituents is 1. The second-order valence-corrected chi connectivity index (χ2v) is 4.70. The summed E-state index contributed by atoms with van der Waals surface area (Å²) in [5.41, 5.74) is 7.11. The minimum atomic E-state index is -0.315. The molecule has 2 atom stereocenters. The van der Waals surface area contributed by atoms with E-state index in [1.807, 2.05) is 12.1 Å². The van der Waals surface area contributed by atoms with Crippen molar-refractivity contribution < 1.29 is 4.92 Å². The van der Waals surface area contributed by atoms with Crippen LogP contribution in [0, 0.1) is 10.1 Å². The summed E-state index contributed by atoms with van der Waals surface area (Å²) in [6.07, 6.45) is 1.99. The van der Waals surface area contributed by atoms with E-state index in [-0.39, 0.29) is 22.7 Å². The summed E-state index contributed by atoms with van der Waals surface area (Å²) in [4.78, 5) is 13.0. The zero-order chi connectivity index (χ0) is 13.1. The van der Waals surface area contributed by atoms with Crippen LogP contribution in [0.15, 0.2) is 24.3 Å². The molecule has 2 rings (SSSR count). The quantitative estimate of drug-likeness (QED) is 0.657. The molecule has 2 unspecified atom stereocenters. The molecule has 1 aromatic rings. The van der Waals surface area contributed by atoms with Crippen molar-refractivity contribution in [2.45, 2.75) is 31.8 Å². The second-order valence-electron chi connectivity index (χ2n) is 4.70. The lowest BCUT2D eigenvalue weighted by atomic mass is 9.90. The highest BCUT2D eigenvalue weighted by atomic mass is 16.6. The number of hydrogen-bond donors (Lipinski definition) is 1. The molecule has 98 valence electrons. The normalized spacial score (nSPS) is 25.0. The Balaban J connectivity index is 2.41. The van der Waals surface area contributed by atoms with Crippen LogP contribution in [0.2, 0.25) is 0 Å². The lowest BCUT2D eigenvalue weighted by molar-refractivity contribution is -0.386. The minimum absolute atomic E-state index is 0.0280. The standard InChI is InChI=1S/C13H19N3O2/c1-2-15-9-5-7-11(14)13(15)10-6-3-4-8-12(10)16(17)18/h3-4,6,8,11,13H,2,5,7,9,14H2,1H3. The number of piperidine rings is 1. The average molecular weight is 249 g/mol. The molecule has 1 heterocycles. The lowest BCUT2D eigenvalue weighted by Crippen LogP contribution is -2.45. The van der Waals surface area contributed by atoms with E-state index >= 15 is 0 Å². The fourth-order valence-corrected chi connectivity index (χ4v) is 2.78. The van der Waals surface area contributed by atoms with Gasteiger partial charge in [-0.05, 0) is 25.9 Å². The Bertz CT molecular complexity index is 436. The van der Waals surface area contributed by atoms with Crippen molar-refractivity contribution >= 4 is 5.69 Å². The van der Waals surface area contributed by atoms with E-state index in [2.05, 4.69) is 11.8 Å². The fraction of sp³-hybridized carbons (Fsp3) is 0.538. The van der Waals surface area contributed by atoms with E-state index in [4.69, 9.17) is 5.73 Å². The molecular formula is C13H19N3O2. The monoisotopic (exact) mass is 249 g/mol. The number of nitrogens with zero attached hydrogens (tertiary/aromatic N) is 2. The Morgan fingerprint density at radius 1 is 1.50 bits per heavy atom. The number of nitrogens with two attached hydrogens (primary N) is 1. The molecule has 1 aliphatic rings. The van der Waals surface area contributed by atoms with Gasteiger partial charge in [0, 0.05) is 17.7 Å². The molecule has 0 aliphatic carbocycles. The molecule has 2 N–H and O–H groups in total. The smallest absolute Gasteiger partial charge is 0.274 e. The van der Waals surface area contributed by atoms with Gasteiger partial charge in [-0.2, -0.15) is 0 Å². The van der Waals surface area contributed by atoms with Crippen LogP contribution in [0.25, 0.3) is 0 Å². The Hall–Kier alpha value is -1.46. The van der Waals surface area contributed by atoms with Gasteiger partial charge in [0.05, 0.1) is 11.0 Å². The Labute approximate surface area is 107 Å². The molecule has 0 radical (unpaired) electrons. The van der Waals surface area contributed by atoms with Crippen LogP contribution in [0.3, 0.4) is 0 Å². The van der Waals surface area contributed by atoms with Crippen molar-refractivity contribution in [3.63, 3.8) is 0 Å². The molecule has 0 bridgehead atoms. The number of para-hydroxylation sites is 1. The van der Waals surface area contributed by atoms with Gasteiger partial charge in [0.25, 0.3) is 5.69 Å². The number of hydrogen-bond acceptors (Lipinski definition) is 4. The summed E-state index contributed by atoms with van der Waals surface area (Å²) in [6.45, 7) is 3.89. The first-order chi connectivity index (χ1) is 8.65. The van der Waals surface area contributed by atoms with Crippen LogP contribution < -0.4 is 5.73 Å². The largest absolute Gasteiger partial charge is 0.326 e. The molecular weight excluding hydrogens is 230 g/mol. The van der Waals surface area contributed by atoms with E-state index in [1.54, 1.807) is 12.1 Å². The van der Waals surface area contributed by atoms with Gasteiger partial charge in [-0.25, -0.2) is 0 Å². The van der Waals surface area contributed by atoms with Crippen molar-refractivity contribution in [2.24, 2.45) is 5.73 Å². The molecule has 1 fully saturated rings. The van der Waals surface area contributed by atoms with E-state index in [0.29, 0.717) is 0 Å². The Kier molecular flexibility index (Phi) is 3.93. The van der Waals surface area contributed by atoms with E-state index in [1.165, 1.54) is 0 Å². The maximum atomic E-state index is 11.1. The summed E-state index contributed by atoms with van der Waals surface area (Å²) < 4.78 is 0. The summed E-state index contributed by atoms with van der Waals surface area (Å²) in [5.74, 6) is 0. The summed E-state index contributed by atoms with van der Waals surface area (Å²) >= 11 is 0. The van der Waals surface area contributed by atoms with E-state index < -0.39 is 0 Å². The molecule has 1 saturated heterocycles. The predicted molar refractivity (Wildman–Crippen MR) is 70.3 cm³/mol. The fourth-order valence-electron chi connectivity index (χ4n) is 2.78. The minimum Gasteiger partial charge on any atom is -0.326 e. The Morgan fingerprint density at radius 3 is 2.89 bits per heavy atom. The van der Waals surface area contributed by atoms with E-state index in [9.17, 15) is 10.1 Å². The average Bonchev–Trinajstić information content (AvgIpc) is 2.38. The molecule has 0 spiro atoms. The third-order valence-corrected chi connectivity index (χ3v) is 3.64. The number of likely N-dealkylation sites (N-methyl/N-ethyl adjacent to an activating group) is 1. The molecule has 0 aromatic heterocycles. The van der Waals surface area contributed by atoms with Gasteiger partial charge in [0.2, 0.25) is 0 Å². The van der Waals surface area contributed by atoms with Crippen molar-refractivity contribution in [2.75, 3.05) is 13.1 Å². The number of likely N-dealkylation sites (tertiary alicyclic amines) is 1. The van der Waals surface area contributed by atoms with Crippen LogP contribution in [0.1, 0.15) is 31.4 Å². The maximum Gasteiger partial charge on any atom is 0.274 e. The third kappa shape index (κ3) is 2.37. The van der Waals surface area contributed by atoms with Gasteiger partial charge in [-0.1, -0.05) is 25.1 Å². The molecule has 1 aromatic carbocycles. The van der Waals surface area contributed by atoms with Gasteiger partial charge in [-0.15, -0.1) is 0 Å². The summed E-state index contributed by atoms with van der Waals surface area (Å²) in [7, 11) is 0. The molecule has 0 saturated carbocycles. The maximum absolute atomic E-state index is 11.1. The van der Waals surface area contributed by atoms with E-state index in [0.717, 1.165) is 31.5 Å². The molecule has 0 amide bonds. The van der Waals surface area contributed by atoms with Gasteiger partial charge in [-0.3, -0.25) is 15.0 Å². The molecule has 18 heavy (non-hydrogen) atoms. The van der Waals surface area contributed by atoms with Crippen molar-refractivity contribution in [1.82, 2.24) is 4.90 Å². The summed E-state index contributed by atoms with van der Waals surface area (Å²) in [6, 6.07) is 6.87. The molecule has 1 aliphatic heterocycles. The lowest BCUT2D eigenvalue weighted by Gasteiger charge is -2.39. The topological polar surface area (TPSA) is 72.4 Å². The van der Waals surface area contributed by atoms with Crippen LogP contribution in [-0.2, 0) is 0 Å². The van der Waals surface area contributed by atoms with Gasteiger partial charge >= 0.3 is 0 Å². The van der Waals surface area contributed by atoms with Gasteiger partial charge in [0.1, 0.15) is 0 Å². The first-order valence-corrected chi connectivity index (χ1v) is 6.38. The number of rotatable bonds is 3. The van der Waals surface area contributed by atoms with Crippen molar-refractivity contribution in [1.29, 1.82) is 0 Å². The van der Waals surface area contributed by atoms with Crippen LogP contribution in [0.5, 0.6) is 0 Å². The number of nitro groups is 1. The van der Waals surface area contributed by atoms with Crippen molar-refractivity contribution in [3.05, 3.63) is 39.9 Å². The summed E-state index contributed by atoms with van der Waals surface area (Å²) in [5, 5.41) is 11.1. The third-order valence-electron chi connectivity index (χ3n) is 3.64. The van der Waals surface area contributed by atoms with Crippen LogP contribution in [-0.4, -0.2) is 29.0 Å². The van der Waals surface area contributed by atoms with Crippen molar-refractivity contribution in [3.8, 4) is 0 Å². The second kappa shape index (κ2) is 5.46. The number of benzene rings is 1. The van der Waals surface area contributed by atoms with Gasteiger partial charge < -0.3 is 5.73 Å². The first kappa shape index (κ1) is 13.0. The molecule has 5 nitrogen and oxygen atoms in total. The highest BCUT2D eigenvalue weighted by Crippen LogP contribution is 2.34. The predicted octanol–water partition coefficient (Wildman–Crippen LogP) is 2.08. The van der Waals surface area contributed by atoms with Gasteiger partial charge in [0.15, 0.2) is 0 Å². The first-order valence-electron chi connectivity index (χ1n) is 6.38. The zero-order valence-corrected chi connectivity index (χ0v) is 10.6. The highest BCUT2D eigenvalue weighted by molar-refractivity contribution is 5.43. The Morgan fingerprint density at radius 2 is 2.22 bits per heavy atom. The zero-order valence-electron chi connectivity index (χ0n) is 10.6. The molecule has 5 heteroatoms.